The topological polar surface area (TPSA) is 83.5 Å². The summed E-state index contributed by atoms with van der Waals surface area (Å²) in [5, 5.41) is 21.8. The zero-order chi connectivity index (χ0) is 14.8. The maximum absolute atomic E-state index is 10.9. The van der Waals surface area contributed by atoms with E-state index in [4.69, 9.17) is 0 Å². The van der Waals surface area contributed by atoms with Crippen molar-refractivity contribution in [2.24, 2.45) is 0 Å². The number of rotatable bonds is 11. The number of carboxylic acids is 2. The highest BCUT2D eigenvalue weighted by molar-refractivity contribution is 5.74. The van der Waals surface area contributed by atoms with Crippen molar-refractivity contribution in [1.82, 2.24) is 4.90 Å². The molecule has 0 spiro atoms. The molecule has 0 amide bonds. The summed E-state index contributed by atoms with van der Waals surface area (Å²) in [5.41, 5.74) is 0. The molecule has 0 aliphatic carbocycles. The highest BCUT2D eigenvalue weighted by Crippen LogP contribution is 2.10. The molecule has 0 heterocycles. The fraction of sp³-hybridized carbons (Fsp3) is 0.857. The number of carboxylic acid groups (broad SMARTS) is 2. The number of unbranched alkanes of at least 4 members (excludes halogenated alkanes) is 5. The lowest BCUT2D eigenvalue weighted by atomic mass is 10.1. The number of nitrogens with zero attached hydrogens (tertiary/aromatic N) is 1. The average molecular weight is 271 g/mol. The first-order valence-corrected chi connectivity index (χ1v) is 7.09. The van der Waals surface area contributed by atoms with Gasteiger partial charge in [-0.05, 0) is 26.8 Å². The molecular weight excluding hydrogens is 246 g/mol. The van der Waals surface area contributed by atoms with Gasteiger partial charge in [0.1, 0.15) is 0 Å². The third-order valence-electron chi connectivity index (χ3n) is 3.45. The Bertz CT molecular complexity index is 261. The Kier molecular flexibility index (Phi) is 9.21. The summed E-state index contributed by atoms with van der Waals surface area (Å²) in [5.74, 6) is -2.50. The molecule has 0 radical (unpaired) electrons. The van der Waals surface area contributed by atoms with Crippen LogP contribution in [0.2, 0.25) is 0 Å². The summed E-state index contributed by atoms with van der Waals surface area (Å²) in [4.78, 5) is 23.2. The van der Waals surface area contributed by atoms with Crippen LogP contribution < -0.4 is 10.2 Å². The predicted octanol–water partition coefficient (Wildman–Crippen LogP) is -0.0743. The molecule has 0 saturated carbocycles. The van der Waals surface area contributed by atoms with E-state index >= 15 is 0 Å². The van der Waals surface area contributed by atoms with E-state index in [2.05, 4.69) is 6.92 Å². The third-order valence-corrected chi connectivity index (χ3v) is 3.45. The smallest absolute Gasteiger partial charge is 0.0584 e. The van der Waals surface area contributed by atoms with Gasteiger partial charge in [-0.3, -0.25) is 4.90 Å². The molecule has 19 heavy (non-hydrogen) atoms. The molecule has 0 aliphatic heterocycles. The molecule has 5 nitrogen and oxygen atoms in total. The van der Waals surface area contributed by atoms with Crippen LogP contribution in [-0.4, -0.2) is 35.5 Å². The van der Waals surface area contributed by atoms with Gasteiger partial charge in [-0.25, -0.2) is 0 Å². The van der Waals surface area contributed by atoms with E-state index in [9.17, 15) is 19.8 Å². The summed E-state index contributed by atoms with van der Waals surface area (Å²) in [6.45, 7) is 5.49. The number of aliphatic carboxylic acids is 2. The fourth-order valence-corrected chi connectivity index (χ4v) is 2.07. The lowest BCUT2D eigenvalue weighted by Crippen LogP contribution is -2.55. The van der Waals surface area contributed by atoms with Crippen LogP contribution in [0, 0.1) is 0 Å². The first-order chi connectivity index (χ1) is 8.91. The SMILES string of the molecule is CCCCCCCCN(C(C)C(=O)[O-])C(C)C(=O)[O-]. The van der Waals surface area contributed by atoms with Crippen molar-refractivity contribution in [2.45, 2.75) is 71.4 Å². The molecule has 0 aromatic rings. The van der Waals surface area contributed by atoms with Gasteiger partial charge < -0.3 is 19.8 Å². The molecule has 0 aromatic heterocycles. The second-order valence-electron chi connectivity index (χ2n) is 5.00. The minimum Gasteiger partial charge on any atom is -0.548 e. The molecule has 0 rings (SSSR count). The van der Waals surface area contributed by atoms with E-state index in [-0.39, 0.29) is 0 Å². The van der Waals surface area contributed by atoms with Gasteiger partial charge in [0.2, 0.25) is 0 Å². The van der Waals surface area contributed by atoms with Crippen molar-refractivity contribution < 1.29 is 19.8 Å². The molecule has 0 bridgehead atoms. The largest absolute Gasteiger partial charge is 0.548 e. The van der Waals surface area contributed by atoms with Crippen molar-refractivity contribution in [3.05, 3.63) is 0 Å². The van der Waals surface area contributed by atoms with Gasteiger partial charge in [-0.2, -0.15) is 0 Å². The van der Waals surface area contributed by atoms with Crippen LogP contribution in [0.4, 0.5) is 0 Å². The second-order valence-corrected chi connectivity index (χ2v) is 5.00. The van der Waals surface area contributed by atoms with Gasteiger partial charge in [-0.15, -0.1) is 0 Å². The molecular formula is C14H25NO4-2. The highest BCUT2D eigenvalue weighted by Gasteiger charge is 2.21. The van der Waals surface area contributed by atoms with Gasteiger partial charge in [0.15, 0.2) is 0 Å². The minimum absolute atomic E-state index is 0.441. The van der Waals surface area contributed by atoms with Crippen LogP contribution in [0.15, 0.2) is 0 Å². The molecule has 112 valence electrons. The molecule has 2 atom stereocenters. The van der Waals surface area contributed by atoms with Crippen molar-refractivity contribution in [2.75, 3.05) is 6.54 Å². The van der Waals surface area contributed by atoms with Crippen LogP contribution >= 0.6 is 0 Å². The molecule has 0 N–H and O–H groups in total. The zero-order valence-electron chi connectivity index (χ0n) is 12.2. The van der Waals surface area contributed by atoms with Crippen molar-refractivity contribution in [1.29, 1.82) is 0 Å². The standard InChI is InChI=1S/C14H27NO4/c1-4-5-6-7-8-9-10-15(11(2)13(16)17)12(3)14(18)19/h11-12H,4-10H2,1-3H3,(H,16,17)(H,18,19)/p-2. The van der Waals surface area contributed by atoms with E-state index in [0.717, 1.165) is 19.3 Å². The molecule has 2 unspecified atom stereocenters. The number of hydrogen-bond acceptors (Lipinski definition) is 5. The Hall–Kier alpha value is -1.10. The summed E-state index contributed by atoms with van der Waals surface area (Å²) < 4.78 is 0. The monoisotopic (exact) mass is 271 g/mol. The minimum atomic E-state index is -1.25. The van der Waals surface area contributed by atoms with Crippen LogP contribution in [-0.2, 0) is 9.59 Å². The number of hydrogen-bond donors (Lipinski definition) is 0. The summed E-state index contributed by atoms with van der Waals surface area (Å²) in [6.07, 6.45) is 6.42. The lowest BCUT2D eigenvalue weighted by Gasteiger charge is -2.35. The quantitative estimate of drug-likeness (QED) is 0.491. The third kappa shape index (κ3) is 7.15. The van der Waals surface area contributed by atoms with Crippen LogP contribution in [0.5, 0.6) is 0 Å². The Morgan fingerprint density at radius 2 is 1.32 bits per heavy atom. The van der Waals surface area contributed by atoms with E-state index in [0.29, 0.717) is 6.54 Å². The number of carbonyl (C=O) groups excluding carboxylic acids is 2. The van der Waals surface area contributed by atoms with E-state index < -0.39 is 24.0 Å². The lowest BCUT2D eigenvalue weighted by molar-refractivity contribution is -0.317. The van der Waals surface area contributed by atoms with Crippen molar-refractivity contribution >= 4 is 11.9 Å². The van der Waals surface area contributed by atoms with Gasteiger partial charge in [-0.1, -0.05) is 39.0 Å². The Balaban J connectivity index is 4.21. The summed E-state index contributed by atoms with van der Waals surface area (Å²) >= 11 is 0. The second kappa shape index (κ2) is 9.78. The van der Waals surface area contributed by atoms with E-state index in [1.54, 1.807) is 0 Å². The Labute approximate surface area is 115 Å². The van der Waals surface area contributed by atoms with Crippen LogP contribution in [0.25, 0.3) is 0 Å². The molecule has 0 aromatic carbocycles. The summed E-state index contributed by atoms with van der Waals surface area (Å²) in [6, 6.07) is -1.83. The first-order valence-electron chi connectivity index (χ1n) is 7.09. The van der Waals surface area contributed by atoms with E-state index in [1.165, 1.54) is 38.0 Å². The maximum atomic E-state index is 10.9. The Morgan fingerprint density at radius 3 is 1.74 bits per heavy atom. The molecule has 0 aliphatic rings. The fourth-order valence-electron chi connectivity index (χ4n) is 2.07. The predicted molar refractivity (Wildman–Crippen MR) is 69.0 cm³/mol. The maximum Gasteiger partial charge on any atom is 0.0584 e. The molecule has 0 fully saturated rings. The zero-order valence-corrected chi connectivity index (χ0v) is 12.2. The molecule has 5 heteroatoms. The Morgan fingerprint density at radius 1 is 0.895 bits per heavy atom. The average Bonchev–Trinajstić information content (AvgIpc) is 2.36. The van der Waals surface area contributed by atoms with Crippen molar-refractivity contribution in [3.63, 3.8) is 0 Å². The number of carbonyl (C=O) groups is 2. The molecule has 0 saturated heterocycles. The van der Waals surface area contributed by atoms with Crippen LogP contribution in [0.1, 0.15) is 59.3 Å². The van der Waals surface area contributed by atoms with Crippen LogP contribution in [0.3, 0.4) is 0 Å². The highest BCUT2D eigenvalue weighted by atomic mass is 16.4. The van der Waals surface area contributed by atoms with Crippen molar-refractivity contribution in [3.8, 4) is 0 Å². The summed E-state index contributed by atoms with van der Waals surface area (Å²) in [7, 11) is 0. The van der Waals surface area contributed by atoms with Gasteiger partial charge in [0.25, 0.3) is 0 Å². The van der Waals surface area contributed by atoms with Gasteiger partial charge >= 0.3 is 0 Å². The normalized spacial score (nSPS) is 14.3. The first kappa shape index (κ1) is 17.9. The van der Waals surface area contributed by atoms with Gasteiger partial charge in [0, 0.05) is 12.1 Å². The van der Waals surface area contributed by atoms with E-state index in [1.807, 2.05) is 0 Å². The van der Waals surface area contributed by atoms with Gasteiger partial charge in [0.05, 0.1) is 11.9 Å².